The Balaban J connectivity index is 0.00000182. The summed E-state index contributed by atoms with van der Waals surface area (Å²) in [5, 5.41) is 4.09. The number of hydrogen-bond donors (Lipinski definition) is 3. The monoisotopic (exact) mass is 417 g/mol. The molecule has 1 aliphatic heterocycles. The Morgan fingerprint density at radius 1 is 1.00 bits per heavy atom. The van der Waals surface area contributed by atoms with E-state index in [-0.39, 0.29) is 23.1 Å². The fourth-order valence-electron chi connectivity index (χ4n) is 2.74. The molecule has 1 fully saturated rings. The second kappa shape index (κ2) is 7.63. The maximum Gasteiger partial charge on any atom is 0.331 e. The van der Waals surface area contributed by atoms with Gasteiger partial charge in [0.15, 0.2) is 6.17 Å². The van der Waals surface area contributed by atoms with Crippen molar-refractivity contribution in [2.75, 3.05) is 5.12 Å². The number of aromatic nitrogens is 1. The van der Waals surface area contributed by atoms with E-state index in [0.717, 1.165) is 21.6 Å². The van der Waals surface area contributed by atoms with E-state index in [4.69, 9.17) is 4.98 Å². The third-order valence-corrected chi connectivity index (χ3v) is 5.22. The standard InChI is InChI=1S/C18H19N5S.BrH/c1-13-14(2)24-18(19-13)23-21-17(15-9-5-3-6-10-15)20-22(23)16-11-7-4-8-12-16;/h3-12,17,20-21H,1-2H3;1H. The number of nitrogens with one attached hydrogen (secondary N) is 3. The first-order valence-electron chi connectivity index (χ1n) is 7.96. The molecule has 3 aromatic rings. The molecule has 2 aromatic carbocycles. The van der Waals surface area contributed by atoms with Crippen molar-refractivity contribution in [2.24, 2.45) is 0 Å². The average Bonchev–Trinajstić information content (AvgIpc) is 3.21. The van der Waals surface area contributed by atoms with E-state index in [2.05, 4.69) is 66.2 Å². The summed E-state index contributed by atoms with van der Waals surface area (Å²) in [6.45, 7) is 4.17. The van der Waals surface area contributed by atoms with Crippen LogP contribution in [0.5, 0.6) is 0 Å². The highest BCUT2D eigenvalue weighted by atomic mass is 79.9. The number of para-hydroxylation sites is 1. The van der Waals surface area contributed by atoms with Crippen LogP contribution in [0.25, 0.3) is 0 Å². The highest BCUT2D eigenvalue weighted by Crippen LogP contribution is 2.21. The molecule has 1 aliphatic rings. The largest absolute Gasteiger partial charge is 1.00 e. The van der Waals surface area contributed by atoms with Gasteiger partial charge in [-0.3, -0.25) is 0 Å². The number of rotatable bonds is 3. The second-order valence-electron chi connectivity index (χ2n) is 5.80. The van der Waals surface area contributed by atoms with Crippen molar-refractivity contribution in [3.05, 3.63) is 76.8 Å². The van der Waals surface area contributed by atoms with Gasteiger partial charge in [-0.05, 0) is 31.5 Å². The molecule has 0 spiro atoms. The van der Waals surface area contributed by atoms with E-state index in [0.29, 0.717) is 0 Å². The third kappa shape index (κ3) is 3.61. The maximum absolute atomic E-state index is 4.73. The van der Waals surface area contributed by atoms with E-state index in [9.17, 15) is 0 Å². The van der Waals surface area contributed by atoms with Gasteiger partial charge in [-0.25, -0.2) is 0 Å². The number of aryl methyl sites for hydroxylation is 2. The van der Waals surface area contributed by atoms with Crippen LogP contribution in [0.1, 0.15) is 22.3 Å². The van der Waals surface area contributed by atoms with Gasteiger partial charge in [0.2, 0.25) is 0 Å². The Morgan fingerprint density at radius 2 is 1.64 bits per heavy atom. The summed E-state index contributed by atoms with van der Waals surface area (Å²) in [5.41, 5.74) is 10.5. The van der Waals surface area contributed by atoms with Gasteiger partial charge in [0, 0.05) is 4.88 Å². The predicted octanol–water partition coefficient (Wildman–Crippen LogP) is -0.576. The summed E-state index contributed by atoms with van der Waals surface area (Å²) in [6.07, 6.45) is 0.0194. The summed E-state index contributed by atoms with van der Waals surface area (Å²) in [7, 11) is 0. The van der Waals surface area contributed by atoms with Gasteiger partial charge >= 0.3 is 5.13 Å². The smallest absolute Gasteiger partial charge is 0.331 e. The maximum atomic E-state index is 4.73. The van der Waals surface area contributed by atoms with Crippen LogP contribution in [0.15, 0.2) is 60.7 Å². The Morgan fingerprint density at radius 3 is 2.24 bits per heavy atom. The minimum atomic E-state index is 0. The Bertz CT molecular complexity index is 804. The van der Waals surface area contributed by atoms with E-state index in [1.807, 2.05) is 24.3 Å². The van der Waals surface area contributed by atoms with Gasteiger partial charge in [-0.15, -0.1) is 10.5 Å². The van der Waals surface area contributed by atoms with Crippen molar-refractivity contribution in [1.82, 2.24) is 15.8 Å². The topological polar surface area (TPSA) is 44.6 Å². The van der Waals surface area contributed by atoms with Crippen molar-refractivity contribution in [1.29, 1.82) is 0 Å². The summed E-state index contributed by atoms with van der Waals surface area (Å²) in [5.74, 6) is 0. The Labute approximate surface area is 162 Å². The number of benzene rings is 2. The molecule has 4 rings (SSSR count). The van der Waals surface area contributed by atoms with Crippen LogP contribution in [0.2, 0.25) is 0 Å². The van der Waals surface area contributed by atoms with Crippen molar-refractivity contribution in [2.45, 2.75) is 20.0 Å². The molecule has 0 bridgehead atoms. The minimum Gasteiger partial charge on any atom is -1.00 e. The van der Waals surface area contributed by atoms with Gasteiger partial charge in [-0.2, -0.15) is 10.4 Å². The van der Waals surface area contributed by atoms with E-state index < -0.39 is 0 Å². The average molecular weight is 418 g/mol. The summed E-state index contributed by atoms with van der Waals surface area (Å²) < 4.78 is 0. The minimum absolute atomic E-state index is 0. The molecule has 5 nitrogen and oxygen atoms in total. The summed E-state index contributed by atoms with van der Waals surface area (Å²) in [6, 6.07) is 20.7. The quantitative estimate of drug-likeness (QED) is 0.533. The molecular weight excluding hydrogens is 398 g/mol. The first kappa shape index (κ1) is 18.0. The van der Waals surface area contributed by atoms with Gasteiger partial charge in [0.1, 0.15) is 5.69 Å². The third-order valence-electron chi connectivity index (χ3n) is 4.14. The lowest BCUT2D eigenvalue weighted by Gasteiger charge is -2.20. The summed E-state index contributed by atoms with van der Waals surface area (Å²) in [4.78, 5) is 5.98. The van der Waals surface area contributed by atoms with Crippen LogP contribution in [0.4, 0.5) is 10.8 Å². The fourth-order valence-corrected chi connectivity index (χ4v) is 3.66. The molecule has 130 valence electrons. The molecule has 7 heteroatoms. The molecule has 1 saturated heterocycles. The first-order chi connectivity index (χ1) is 11.7. The SMILES string of the molecule is Cc1nc([NH+]2NC(c3ccccc3)NN2c2ccccc2)sc1C.[Br-]. The lowest BCUT2D eigenvalue weighted by atomic mass is 10.2. The number of quaternary nitrogens is 1. The van der Waals surface area contributed by atoms with Gasteiger partial charge in [-0.1, -0.05) is 65.0 Å². The molecule has 3 N–H and O–H groups in total. The van der Waals surface area contributed by atoms with Crippen LogP contribution in [0.3, 0.4) is 0 Å². The number of hydrogen-bond acceptors (Lipinski definition) is 5. The van der Waals surface area contributed by atoms with Crippen LogP contribution in [0, 0.1) is 13.8 Å². The van der Waals surface area contributed by atoms with Crippen molar-refractivity contribution in [3.8, 4) is 0 Å². The molecule has 2 unspecified atom stereocenters. The Kier molecular flexibility index (Phi) is 5.51. The number of thiazole rings is 1. The predicted molar refractivity (Wildman–Crippen MR) is 96.6 cm³/mol. The van der Waals surface area contributed by atoms with E-state index in [1.165, 1.54) is 10.4 Å². The number of nitrogens with zero attached hydrogens (tertiary/aromatic N) is 2. The van der Waals surface area contributed by atoms with E-state index >= 15 is 0 Å². The molecule has 2 atom stereocenters. The van der Waals surface area contributed by atoms with Crippen LogP contribution in [-0.2, 0) is 0 Å². The van der Waals surface area contributed by atoms with Crippen LogP contribution >= 0.6 is 11.3 Å². The first-order valence-corrected chi connectivity index (χ1v) is 8.78. The fraction of sp³-hybridized carbons (Fsp3) is 0.167. The lowest BCUT2D eigenvalue weighted by Crippen LogP contribution is -3.18. The molecule has 25 heavy (non-hydrogen) atoms. The van der Waals surface area contributed by atoms with Crippen molar-refractivity contribution < 1.29 is 22.1 Å². The molecule has 0 radical (unpaired) electrons. The molecule has 1 aromatic heterocycles. The van der Waals surface area contributed by atoms with Crippen LogP contribution in [-0.4, -0.2) is 4.98 Å². The Hall–Kier alpha value is -1.77. The summed E-state index contributed by atoms with van der Waals surface area (Å²) >= 11 is 1.71. The molecule has 0 saturated carbocycles. The normalized spacial score (nSPS) is 19.7. The van der Waals surface area contributed by atoms with E-state index in [1.54, 1.807) is 11.3 Å². The zero-order valence-electron chi connectivity index (χ0n) is 14.0. The zero-order chi connectivity index (χ0) is 16.5. The zero-order valence-corrected chi connectivity index (χ0v) is 16.4. The highest BCUT2D eigenvalue weighted by Gasteiger charge is 2.38. The van der Waals surface area contributed by atoms with Gasteiger partial charge in [0.25, 0.3) is 0 Å². The number of halogens is 1. The van der Waals surface area contributed by atoms with Gasteiger partial charge in [0.05, 0.1) is 5.69 Å². The molecular formula is C18H20BrN5S. The second-order valence-corrected chi connectivity index (χ2v) is 7.00. The number of anilines is 1. The van der Waals surface area contributed by atoms with Crippen molar-refractivity contribution in [3.63, 3.8) is 0 Å². The lowest BCUT2D eigenvalue weighted by molar-refractivity contribution is -0.880. The highest BCUT2D eigenvalue weighted by molar-refractivity contribution is 7.14. The molecule has 0 amide bonds. The van der Waals surface area contributed by atoms with Crippen LogP contribution < -0.4 is 38.1 Å². The van der Waals surface area contributed by atoms with Gasteiger partial charge < -0.3 is 17.0 Å². The molecule has 2 heterocycles. The molecule has 0 aliphatic carbocycles. The number of hydrazine groups is 1. The van der Waals surface area contributed by atoms with Crippen molar-refractivity contribution >= 4 is 22.2 Å².